The Morgan fingerprint density at radius 3 is 2.71 bits per heavy atom. The highest BCUT2D eigenvalue weighted by atomic mass is 19.4. The second-order valence-corrected chi connectivity index (χ2v) is 4.21. The van der Waals surface area contributed by atoms with Gasteiger partial charge in [-0.2, -0.15) is 13.2 Å². The second kappa shape index (κ2) is 4.96. The van der Waals surface area contributed by atoms with Crippen molar-refractivity contribution in [1.82, 2.24) is 5.32 Å². The lowest BCUT2D eigenvalue weighted by Gasteiger charge is -2.10. The molecule has 0 amide bonds. The van der Waals surface area contributed by atoms with Crippen LogP contribution in [0.1, 0.15) is 18.4 Å². The molecule has 5 heteroatoms. The number of benzene rings is 1. The van der Waals surface area contributed by atoms with Crippen LogP contribution in [0, 0.1) is 0 Å². The molecule has 0 bridgehead atoms. The first kappa shape index (κ1) is 12.2. The lowest BCUT2D eigenvalue weighted by molar-refractivity contribution is -0.153. The van der Waals surface area contributed by atoms with Crippen LogP contribution in [-0.4, -0.2) is 18.8 Å². The van der Waals surface area contributed by atoms with E-state index < -0.39 is 12.8 Å². The first-order valence-corrected chi connectivity index (χ1v) is 5.55. The third-order valence-electron chi connectivity index (χ3n) is 2.47. The Morgan fingerprint density at radius 1 is 1.29 bits per heavy atom. The molecule has 0 heterocycles. The van der Waals surface area contributed by atoms with Gasteiger partial charge >= 0.3 is 6.18 Å². The Labute approximate surface area is 97.8 Å². The zero-order valence-electron chi connectivity index (χ0n) is 9.26. The molecule has 0 atom stereocenters. The van der Waals surface area contributed by atoms with Gasteiger partial charge in [0, 0.05) is 12.6 Å². The van der Waals surface area contributed by atoms with Crippen molar-refractivity contribution in [2.75, 3.05) is 6.61 Å². The Kier molecular flexibility index (Phi) is 3.57. The van der Waals surface area contributed by atoms with Crippen molar-refractivity contribution >= 4 is 0 Å². The Morgan fingerprint density at radius 2 is 2.06 bits per heavy atom. The molecule has 17 heavy (non-hydrogen) atoms. The predicted octanol–water partition coefficient (Wildman–Crippen LogP) is 2.88. The molecule has 1 N–H and O–H groups in total. The smallest absolute Gasteiger partial charge is 0.422 e. The fourth-order valence-corrected chi connectivity index (χ4v) is 1.46. The first-order valence-electron chi connectivity index (χ1n) is 5.55. The highest BCUT2D eigenvalue weighted by Crippen LogP contribution is 2.21. The van der Waals surface area contributed by atoms with Crippen molar-refractivity contribution < 1.29 is 17.9 Å². The number of hydrogen-bond donors (Lipinski definition) is 1. The van der Waals surface area contributed by atoms with E-state index in [1.54, 1.807) is 12.1 Å². The highest BCUT2D eigenvalue weighted by molar-refractivity contribution is 5.28. The van der Waals surface area contributed by atoms with Gasteiger partial charge in [0.1, 0.15) is 5.75 Å². The molecule has 0 aromatic heterocycles. The summed E-state index contributed by atoms with van der Waals surface area (Å²) in [7, 11) is 0. The van der Waals surface area contributed by atoms with Crippen molar-refractivity contribution in [2.45, 2.75) is 31.6 Å². The normalized spacial score (nSPS) is 15.9. The van der Waals surface area contributed by atoms with Gasteiger partial charge in [-0.1, -0.05) is 12.1 Å². The van der Waals surface area contributed by atoms with Crippen LogP contribution in [0.3, 0.4) is 0 Å². The molecule has 1 aliphatic carbocycles. The maximum Gasteiger partial charge on any atom is 0.422 e. The second-order valence-electron chi connectivity index (χ2n) is 4.21. The van der Waals surface area contributed by atoms with E-state index in [2.05, 4.69) is 10.1 Å². The third-order valence-corrected chi connectivity index (χ3v) is 2.47. The fourth-order valence-electron chi connectivity index (χ4n) is 1.46. The summed E-state index contributed by atoms with van der Waals surface area (Å²) in [6.45, 7) is -0.569. The summed E-state index contributed by atoms with van der Waals surface area (Å²) in [6.07, 6.45) is -1.92. The molecule has 0 spiro atoms. The van der Waals surface area contributed by atoms with Crippen LogP contribution in [-0.2, 0) is 6.54 Å². The van der Waals surface area contributed by atoms with Crippen molar-refractivity contribution in [3.05, 3.63) is 29.8 Å². The minimum Gasteiger partial charge on any atom is -0.484 e. The number of nitrogens with one attached hydrogen (secondary N) is 1. The van der Waals surface area contributed by atoms with Crippen LogP contribution in [0.5, 0.6) is 5.75 Å². The highest BCUT2D eigenvalue weighted by Gasteiger charge is 2.28. The number of ether oxygens (including phenoxy) is 1. The molecule has 1 fully saturated rings. The lowest BCUT2D eigenvalue weighted by Crippen LogP contribution is -2.19. The van der Waals surface area contributed by atoms with E-state index in [9.17, 15) is 13.2 Å². The molecular formula is C12H14F3NO. The standard InChI is InChI=1S/C12H14F3NO/c13-12(14,15)8-17-11-3-1-2-9(6-11)7-16-10-4-5-10/h1-3,6,10,16H,4-5,7-8H2. The van der Waals surface area contributed by atoms with Gasteiger partial charge < -0.3 is 10.1 Å². The topological polar surface area (TPSA) is 21.3 Å². The van der Waals surface area contributed by atoms with E-state index in [4.69, 9.17) is 0 Å². The molecule has 0 unspecified atom stereocenters. The van der Waals surface area contributed by atoms with Gasteiger partial charge in [0.05, 0.1) is 0 Å². The molecule has 1 aromatic rings. The number of alkyl halides is 3. The van der Waals surface area contributed by atoms with E-state index in [0.29, 0.717) is 12.6 Å². The lowest BCUT2D eigenvalue weighted by atomic mass is 10.2. The molecule has 1 aliphatic rings. The Bertz CT molecular complexity index is 374. The van der Waals surface area contributed by atoms with Crippen LogP contribution in [0.25, 0.3) is 0 Å². The fraction of sp³-hybridized carbons (Fsp3) is 0.500. The first-order chi connectivity index (χ1) is 8.03. The maximum absolute atomic E-state index is 12.0. The number of hydrogen-bond acceptors (Lipinski definition) is 2. The summed E-state index contributed by atoms with van der Waals surface area (Å²) in [4.78, 5) is 0. The van der Waals surface area contributed by atoms with E-state index >= 15 is 0 Å². The average Bonchev–Trinajstić information content (AvgIpc) is 3.07. The number of halogens is 3. The summed E-state index contributed by atoms with van der Waals surface area (Å²) >= 11 is 0. The van der Waals surface area contributed by atoms with Crippen molar-refractivity contribution in [3.8, 4) is 5.75 Å². The van der Waals surface area contributed by atoms with Crippen molar-refractivity contribution in [3.63, 3.8) is 0 Å². The van der Waals surface area contributed by atoms with Crippen LogP contribution >= 0.6 is 0 Å². The molecule has 2 rings (SSSR count). The van der Waals surface area contributed by atoms with Gasteiger partial charge in [0.15, 0.2) is 6.61 Å². The summed E-state index contributed by atoms with van der Waals surface area (Å²) in [6, 6.07) is 7.33. The zero-order chi connectivity index (χ0) is 12.3. The van der Waals surface area contributed by atoms with E-state index in [-0.39, 0.29) is 5.75 Å². The summed E-state index contributed by atoms with van der Waals surface area (Å²) < 4.78 is 40.6. The SMILES string of the molecule is FC(F)(F)COc1cccc(CNC2CC2)c1. The van der Waals surface area contributed by atoms with Crippen LogP contribution in [0.15, 0.2) is 24.3 Å². The van der Waals surface area contributed by atoms with E-state index in [0.717, 1.165) is 5.56 Å². The zero-order valence-corrected chi connectivity index (χ0v) is 9.26. The maximum atomic E-state index is 12.0. The van der Waals surface area contributed by atoms with Gasteiger partial charge in [-0.25, -0.2) is 0 Å². The Balaban J connectivity index is 1.86. The molecule has 0 radical (unpaired) electrons. The van der Waals surface area contributed by atoms with E-state index in [1.807, 2.05) is 6.07 Å². The van der Waals surface area contributed by atoms with Crippen molar-refractivity contribution in [1.29, 1.82) is 0 Å². The monoisotopic (exact) mass is 245 g/mol. The molecule has 0 aliphatic heterocycles. The van der Waals surface area contributed by atoms with Crippen LogP contribution in [0.4, 0.5) is 13.2 Å². The molecule has 1 aromatic carbocycles. The van der Waals surface area contributed by atoms with Gasteiger partial charge in [-0.3, -0.25) is 0 Å². The van der Waals surface area contributed by atoms with E-state index in [1.165, 1.54) is 18.9 Å². The minimum atomic E-state index is -4.29. The predicted molar refractivity (Wildman–Crippen MR) is 57.9 cm³/mol. The van der Waals surface area contributed by atoms with Gasteiger partial charge in [0.2, 0.25) is 0 Å². The Hall–Kier alpha value is -1.23. The average molecular weight is 245 g/mol. The van der Waals surface area contributed by atoms with Gasteiger partial charge in [-0.15, -0.1) is 0 Å². The van der Waals surface area contributed by atoms with Crippen LogP contribution in [0.2, 0.25) is 0 Å². The molecule has 0 saturated heterocycles. The molecule has 94 valence electrons. The quantitative estimate of drug-likeness (QED) is 0.861. The molecular weight excluding hydrogens is 231 g/mol. The third kappa shape index (κ3) is 4.65. The molecule has 1 saturated carbocycles. The summed E-state index contributed by atoms with van der Waals surface area (Å²) in [5.74, 6) is 0.262. The summed E-state index contributed by atoms with van der Waals surface area (Å²) in [5.41, 5.74) is 0.941. The summed E-state index contributed by atoms with van der Waals surface area (Å²) in [5, 5.41) is 3.29. The largest absolute Gasteiger partial charge is 0.484 e. The van der Waals surface area contributed by atoms with Gasteiger partial charge in [0.25, 0.3) is 0 Å². The van der Waals surface area contributed by atoms with Gasteiger partial charge in [-0.05, 0) is 30.5 Å². The minimum absolute atomic E-state index is 0.262. The number of rotatable bonds is 5. The van der Waals surface area contributed by atoms with Crippen LogP contribution < -0.4 is 10.1 Å². The van der Waals surface area contributed by atoms with Crippen molar-refractivity contribution in [2.24, 2.45) is 0 Å². The molecule has 2 nitrogen and oxygen atoms in total.